The molecule has 1 aromatic heterocycles. The molecule has 4 heteroatoms. The maximum Gasteiger partial charge on any atom is 0.0155 e. The van der Waals surface area contributed by atoms with Crippen molar-refractivity contribution in [3.05, 3.63) is 30.6 Å². The monoisotopic (exact) mass is 233 g/mol. The van der Waals surface area contributed by atoms with Crippen LogP contribution in [-0.2, 0) is 32.7 Å². The van der Waals surface area contributed by atoms with Gasteiger partial charge in [0.05, 0.1) is 0 Å². The number of aromatic nitrogens is 2. The summed E-state index contributed by atoms with van der Waals surface area (Å²) in [4.78, 5) is 8.02. The molecule has 57 valence electrons. The Hall–Kier alpha value is -0.536. The molecule has 0 saturated heterocycles. The first kappa shape index (κ1) is 9.55. The average Bonchev–Trinajstić information content (AvgIpc) is 2.04. The van der Waals surface area contributed by atoms with Crippen LogP contribution in [0.3, 0.4) is 0 Å². The summed E-state index contributed by atoms with van der Waals surface area (Å²) in [6.07, 6.45) is 4.19. The second kappa shape index (κ2) is 3.92. The molecule has 0 aliphatic heterocycles. The van der Waals surface area contributed by atoms with Gasteiger partial charge in [0, 0.05) is 43.9 Å². The van der Waals surface area contributed by atoms with Crippen LogP contribution in [0.25, 0.3) is 11.0 Å². The number of benzene rings is 1. The van der Waals surface area contributed by atoms with Crippen LogP contribution in [0.2, 0.25) is 0 Å². The van der Waals surface area contributed by atoms with Crippen molar-refractivity contribution in [2.75, 3.05) is 5.73 Å². The molecule has 3 nitrogen and oxygen atoms in total. The van der Waals surface area contributed by atoms with E-state index in [2.05, 4.69) is 16.2 Å². The predicted octanol–water partition coefficient (Wildman–Crippen LogP) is 1.01. The number of fused-ring (bicyclic) bond motifs is 1. The number of hydrogen-bond donors (Lipinski definition) is 1. The minimum Gasteiger partial charge on any atom is -0.448 e. The van der Waals surface area contributed by atoms with Gasteiger partial charge in [-0.2, -0.15) is 0 Å². The van der Waals surface area contributed by atoms with Crippen LogP contribution >= 0.6 is 0 Å². The first-order valence-electron chi connectivity index (χ1n) is 3.24. The summed E-state index contributed by atoms with van der Waals surface area (Å²) in [5, 5.41) is 0. The summed E-state index contributed by atoms with van der Waals surface area (Å²) < 4.78 is 0. The van der Waals surface area contributed by atoms with E-state index in [0.29, 0.717) is 5.69 Å². The van der Waals surface area contributed by atoms with E-state index < -0.39 is 0 Å². The molecule has 0 atom stereocenters. The van der Waals surface area contributed by atoms with E-state index in [1.807, 2.05) is 6.07 Å². The van der Waals surface area contributed by atoms with Gasteiger partial charge in [0.1, 0.15) is 0 Å². The molecule has 0 spiro atoms. The Kier molecular flexibility index (Phi) is 3.12. The van der Waals surface area contributed by atoms with Crippen molar-refractivity contribution in [1.29, 1.82) is 0 Å². The van der Waals surface area contributed by atoms with E-state index in [4.69, 9.17) is 5.73 Å². The van der Waals surface area contributed by atoms with Crippen LogP contribution in [0.4, 0.5) is 5.69 Å². The Balaban J connectivity index is 0.000000720. The van der Waals surface area contributed by atoms with Crippen molar-refractivity contribution in [3.8, 4) is 0 Å². The van der Waals surface area contributed by atoms with Crippen molar-refractivity contribution in [2.24, 2.45) is 0 Å². The van der Waals surface area contributed by atoms with Gasteiger partial charge in [-0.3, -0.25) is 4.98 Å². The van der Waals surface area contributed by atoms with Gasteiger partial charge in [-0.15, -0.1) is 6.20 Å². The van der Waals surface area contributed by atoms with Gasteiger partial charge in [0.25, 0.3) is 0 Å². The molecule has 0 bridgehead atoms. The third-order valence-electron chi connectivity index (χ3n) is 1.45. The van der Waals surface area contributed by atoms with Gasteiger partial charge in [-0.25, -0.2) is 0 Å². The van der Waals surface area contributed by atoms with Gasteiger partial charge in [-0.05, 0) is 12.3 Å². The molecule has 2 N–H and O–H groups in total. The van der Waals surface area contributed by atoms with Crippen molar-refractivity contribution in [1.82, 2.24) is 9.97 Å². The number of anilines is 1. The second-order valence-electron chi connectivity index (χ2n) is 2.25. The van der Waals surface area contributed by atoms with E-state index in [1.165, 1.54) is 0 Å². The summed E-state index contributed by atoms with van der Waals surface area (Å²) >= 11 is 0. The number of nitrogen functional groups attached to an aromatic ring is 1. The molecule has 1 aromatic carbocycles. The Morgan fingerprint density at radius 3 is 2.92 bits per heavy atom. The summed E-state index contributed by atoms with van der Waals surface area (Å²) in [5.74, 6) is 0. The van der Waals surface area contributed by atoms with E-state index in [0.717, 1.165) is 11.0 Å². The fourth-order valence-corrected chi connectivity index (χ4v) is 0.936. The fourth-order valence-electron chi connectivity index (χ4n) is 0.936. The molecule has 0 saturated carbocycles. The van der Waals surface area contributed by atoms with Crippen LogP contribution in [-0.4, -0.2) is 9.97 Å². The molecule has 1 heterocycles. The van der Waals surface area contributed by atoms with Crippen molar-refractivity contribution < 1.29 is 32.7 Å². The molecular weight excluding hydrogens is 227 g/mol. The van der Waals surface area contributed by atoms with Gasteiger partial charge in [0.15, 0.2) is 0 Å². The zero-order valence-electron chi connectivity index (χ0n) is 6.36. The molecule has 2 aromatic rings. The van der Waals surface area contributed by atoms with E-state index in [9.17, 15) is 0 Å². The molecule has 1 radical (unpaired) electrons. The standard InChI is InChI=1S/C8H6N3.Y/c9-6-1-2-7-8(5-6)11-4-3-10-7;/h1-3,5H,9H2;/q-1;. The number of nitrogens with two attached hydrogens (primary N) is 1. The first-order valence-corrected chi connectivity index (χ1v) is 3.24. The number of nitrogens with zero attached hydrogens (tertiary/aromatic N) is 2. The molecule has 0 unspecified atom stereocenters. The van der Waals surface area contributed by atoms with Gasteiger partial charge in [-0.1, -0.05) is 17.6 Å². The van der Waals surface area contributed by atoms with Crippen molar-refractivity contribution >= 4 is 16.7 Å². The Morgan fingerprint density at radius 2 is 2.08 bits per heavy atom. The van der Waals surface area contributed by atoms with Crippen LogP contribution in [0, 0.1) is 6.20 Å². The molecular formula is C8H6N3Y-. The zero-order valence-corrected chi connectivity index (χ0v) is 9.20. The zero-order chi connectivity index (χ0) is 7.68. The van der Waals surface area contributed by atoms with Crippen LogP contribution in [0.1, 0.15) is 0 Å². The maximum absolute atomic E-state index is 5.54. The summed E-state index contributed by atoms with van der Waals surface area (Å²) in [6.45, 7) is 0. The Bertz CT molecular complexity index is 389. The molecule has 0 fully saturated rings. The second-order valence-corrected chi connectivity index (χ2v) is 2.25. The summed E-state index contributed by atoms with van der Waals surface area (Å²) in [7, 11) is 0. The average molecular weight is 233 g/mol. The molecule has 0 aliphatic carbocycles. The number of hydrogen-bond acceptors (Lipinski definition) is 3. The van der Waals surface area contributed by atoms with Crippen LogP contribution in [0.5, 0.6) is 0 Å². The SMILES string of the molecule is Nc1ccc2nc[c-]nc2c1.[Y]. The smallest absolute Gasteiger partial charge is 0.0155 e. The van der Waals surface area contributed by atoms with E-state index >= 15 is 0 Å². The maximum atomic E-state index is 5.54. The van der Waals surface area contributed by atoms with Gasteiger partial charge < -0.3 is 10.7 Å². The van der Waals surface area contributed by atoms with Crippen LogP contribution < -0.4 is 5.73 Å². The summed E-state index contributed by atoms with van der Waals surface area (Å²) in [6, 6.07) is 5.42. The fraction of sp³-hybridized carbons (Fsp3) is 0. The first-order chi connectivity index (χ1) is 5.36. The largest absolute Gasteiger partial charge is 0.448 e. The molecule has 0 aliphatic rings. The van der Waals surface area contributed by atoms with Crippen molar-refractivity contribution in [2.45, 2.75) is 0 Å². The Morgan fingerprint density at radius 1 is 1.25 bits per heavy atom. The van der Waals surface area contributed by atoms with E-state index in [1.54, 1.807) is 18.3 Å². The third-order valence-corrected chi connectivity index (χ3v) is 1.45. The van der Waals surface area contributed by atoms with Gasteiger partial charge >= 0.3 is 0 Å². The molecule has 2 rings (SSSR count). The quantitative estimate of drug-likeness (QED) is 0.545. The topological polar surface area (TPSA) is 51.8 Å². The Labute approximate surface area is 95.3 Å². The number of rotatable bonds is 0. The van der Waals surface area contributed by atoms with Crippen LogP contribution in [0.15, 0.2) is 24.4 Å². The minimum atomic E-state index is 0. The van der Waals surface area contributed by atoms with Crippen molar-refractivity contribution in [3.63, 3.8) is 0 Å². The van der Waals surface area contributed by atoms with Gasteiger partial charge in [0.2, 0.25) is 0 Å². The molecule has 0 amide bonds. The summed E-state index contributed by atoms with van der Waals surface area (Å²) in [5.41, 5.74) is 7.87. The molecule has 12 heavy (non-hydrogen) atoms. The predicted molar refractivity (Wildman–Crippen MR) is 42.8 cm³/mol. The third kappa shape index (κ3) is 1.79. The minimum absolute atomic E-state index is 0. The van der Waals surface area contributed by atoms with E-state index in [-0.39, 0.29) is 32.7 Å². The normalized spacial score (nSPS) is 9.33.